The largest absolute Gasteiger partial charge is 0.396 e. The number of benzene rings is 1. The topological polar surface area (TPSA) is 59.2 Å². The molecule has 3 rings (SSSR count). The summed E-state index contributed by atoms with van der Waals surface area (Å²) in [6.07, 6.45) is 5.27. The summed E-state index contributed by atoms with van der Waals surface area (Å²) in [5.74, 6) is -0.781. The van der Waals surface area contributed by atoms with Gasteiger partial charge in [-0.25, -0.2) is 4.39 Å². The predicted octanol–water partition coefficient (Wildman–Crippen LogP) is 2.78. The van der Waals surface area contributed by atoms with Crippen LogP contribution < -0.4 is 5.73 Å². The molecule has 2 N–H and O–H groups in total. The Bertz CT molecular complexity index is 660. The van der Waals surface area contributed by atoms with Crippen LogP contribution in [0.2, 0.25) is 0 Å². The number of hydrogen-bond donors (Lipinski definition) is 1. The lowest BCUT2D eigenvalue weighted by atomic mass is 10.1. The zero-order valence-corrected chi connectivity index (χ0v) is 11.5. The number of carbonyl (C=O) groups is 1. The van der Waals surface area contributed by atoms with E-state index < -0.39 is 5.82 Å². The molecule has 1 atom stereocenters. The lowest BCUT2D eigenvalue weighted by molar-refractivity contribution is 0.0736. The number of nitrogens with two attached hydrogens (primary N) is 1. The Morgan fingerprint density at radius 3 is 2.95 bits per heavy atom. The molecular weight excluding hydrogens is 269 g/mol. The Balaban J connectivity index is 1.92. The van der Waals surface area contributed by atoms with Crippen LogP contribution in [-0.2, 0) is 0 Å². The molecule has 2 aromatic rings. The second-order valence-corrected chi connectivity index (χ2v) is 5.14. The van der Waals surface area contributed by atoms with Crippen LogP contribution in [0.4, 0.5) is 10.1 Å². The van der Waals surface area contributed by atoms with Gasteiger partial charge in [0.15, 0.2) is 0 Å². The number of para-hydroxylation sites is 1. The van der Waals surface area contributed by atoms with Crippen molar-refractivity contribution in [3.05, 3.63) is 59.7 Å². The lowest BCUT2D eigenvalue weighted by Crippen LogP contribution is -2.31. The summed E-state index contributed by atoms with van der Waals surface area (Å²) >= 11 is 0. The van der Waals surface area contributed by atoms with Gasteiger partial charge in [0, 0.05) is 18.9 Å². The second kappa shape index (κ2) is 5.52. The number of rotatable bonds is 2. The van der Waals surface area contributed by atoms with Gasteiger partial charge in [-0.05, 0) is 36.6 Å². The SMILES string of the molecule is Nc1c(F)cccc1C(=O)N1CCCC1c1cccnc1. The number of hydrogen-bond acceptors (Lipinski definition) is 3. The number of pyridine rings is 1. The van der Waals surface area contributed by atoms with Crippen molar-refractivity contribution >= 4 is 11.6 Å². The van der Waals surface area contributed by atoms with Crippen molar-refractivity contribution in [1.29, 1.82) is 0 Å². The Morgan fingerprint density at radius 1 is 1.33 bits per heavy atom. The molecule has 4 nitrogen and oxygen atoms in total. The van der Waals surface area contributed by atoms with Crippen LogP contribution >= 0.6 is 0 Å². The molecule has 0 aliphatic carbocycles. The Hall–Kier alpha value is -2.43. The first kappa shape index (κ1) is 13.5. The first-order valence-electron chi connectivity index (χ1n) is 6.93. The van der Waals surface area contributed by atoms with E-state index in [1.807, 2.05) is 12.1 Å². The van der Waals surface area contributed by atoms with Crippen molar-refractivity contribution in [2.75, 3.05) is 12.3 Å². The van der Waals surface area contributed by atoms with E-state index in [1.165, 1.54) is 12.1 Å². The fourth-order valence-electron chi connectivity index (χ4n) is 2.81. The van der Waals surface area contributed by atoms with Crippen LogP contribution in [0, 0.1) is 5.82 Å². The van der Waals surface area contributed by atoms with E-state index in [0.717, 1.165) is 18.4 Å². The lowest BCUT2D eigenvalue weighted by Gasteiger charge is -2.25. The summed E-state index contributed by atoms with van der Waals surface area (Å²) in [6.45, 7) is 0.647. The molecule has 0 spiro atoms. The van der Waals surface area contributed by atoms with E-state index in [1.54, 1.807) is 23.4 Å². The van der Waals surface area contributed by atoms with Crippen molar-refractivity contribution in [2.24, 2.45) is 0 Å². The molecule has 108 valence electrons. The highest BCUT2D eigenvalue weighted by Crippen LogP contribution is 2.33. The predicted molar refractivity (Wildman–Crippen MR) is 78.1 cm³/mol. The summed E-state index contributed by atoms with van der Waals surface area (Å²) in [4.78, 5) is 18.5. The molecule has 1 saturated heterocycles. The highest BCUT2D eigenvalue weighted by molar-refractivity contribution is 5.99. The van der Waals surface area contributed by atoms with Gasteiger partial charge in [-0.15, -0.1) is 0 Å². The van der Waals surface area contributed by atoms with Gasteiger partial charge in [-0.1, -0.05) is 12.1 Å². The number of likely N-dealkylation sites (tertiary alicyclic amines) is 1. The van der Waals surface area contributed by atoms with Gasteiger partial charge in [-0.3, -0.25) is 9.78 Å². The van der Waals surface area contributed by atoms with Gasteiger partial charge in [-0.2, -0.15) is 0 Å². The van der Waals surface area contributed by atoms with Crippen LogP contribution in [0.3, 0.4) is 0 Å². The maximum absolute atomic E-state index is 13.5. The van der Waals surface area contributed by atoms with E-state index in [2.05, 4.69) is 4.98 Å². The quantitative estimate of drug-likeness (QED) is 0.863. The zero-order chi connectivity index (χ0) is 14.8. The van der Waals surface area contributed by atoms with E-state index in [4.69, 9.17) is 5.73 Å². The molecule has 21 heavy (non-hydrogen) atoms. The van der Waals surface area contributed by atoms with Crippen molar-refractivity contribution < 1.29 is 9.18 Å². The number of carbonyl (C=O) groups excluding carboxylic acids is 1. The van der Waals surface area contributed by atoms with Gasteiger partial charge in [0.1, 0.15) is 5.82 Å². The van der Waals surface area contributed by atoms with Crippen LogP contribution in [-0.4, -0.2) is 22.3 Å². The van der Waals surface area contributed by atoms with Gasteiger partial charge >= 0.3 is 0 Å². The van der Waals surface area contributed by atoms with Crippen LogP contribution in [0.1, 0.15) is 34.8 Å². The molecule has 1 aromatic carbocycles. The molecular formula is C16H16FN3O. The van der Waals surface area contributed by atoms with Gasteiger partial charge in [0.25, 0.3) is 5.91 Å². The Labute approximate surface area is 122 Å². The van der Waals surface area contributed by atoms with Crippen molar-refractivity contribution in [2.45, 2.75) is 18.9 Å². The molecule has 1 fully saturated rings. The minimum atomic E-state index is -0.557. The van der Waals surface area contributed by atoms with Crippen molar-refractivity contribution in [3.63, 3.8) is 0 Å². The van der Waals surface area contributed by atoms with Gasteiger partial charge < -0.3 is 10.6 Å². The fraction of sp³-hybridized carbons (Fsp3) is 0.250. The highest BCUT2D eigenvalue weighted by atomic mass is 19.1. The summed E-state index contributed by atoms with van der Waals surface area (Å²) in [6, 6.07) is 8.13. The second-order valence-electron chi connectivity index (χ2n) is 5.14. The number of anilines is 1. The Kier molecular flexibility index (Phi) is 3.56. The number of nitrogens with zero attached hydrogens (tertiary/aromatic N) is 2. The van der Waals surface area contributed by atoms with Crippen LogP contribution in [0.25, 0.3) is 0 Å². The van der Waals surface area contributed by atoms with Gasteiger partial charge in [0.05, 0.1) is 17.3 Å². The number of nitrogen functional groups attached to an aromatic ring is 1. The van der Waals surface area contributed by atoms with Gasteiger partial charge in [0.2, 0.25) is 0 Å². The monoisotopic (exact) mass is 285 g/mol. The molecule has 1 amide bonds. The molecule has 0 radical (unpaired) electrons. The first-order chi connectivity index (χ1) is 10.2. The average Bonchev–Trinajstić information content (AvgIpc) is 3.00. The zero-order valence-electron chi connectivity index (χ0n) is 11.5. The molecule has 1 aliphatic heterocycles. The fourth-order valence-corrected chi connectivity index (χ4v) is 2.81. The minimum Gasteiger partial charge on any atom is -0.396 e. The third kappa shape index (κ3) is 2.46. The van der Waals surface area contributed by atoms with Crippen LogP contribution in [0.15, 0.2) is 42.7 Å². The normalized spacial score (nSPS) is 18.0. The molecule has 1 unspecified atom stereocenters. The van der Waals surface area contributed by atoms with Crippen molar-refractivity contribution in [3.8, 4) is 0 Å². The number of aromatic nitrogens is 1. The number of halogens is 1. The molecule has 5 heteroatoms. The third-order valence-corrected chi connectivity index (χ3v) is 3.87. The van der Waals surface area contributed by atoms with E-state index in [0.29, 0.717) is 6.54 Å². The Morgan fingerprint density at radius 2 is 2.19 bits per heavy atom. The standard InChI is InChI=1S/C16H16FN3O/c17-13-6-1-5-12(15(13)18)16(21)20-9-3-7-14(20)11-4-2-8-19-10-11/h1-2,4-6,8,10,14H,3,7,9,18H2. The van der Waals surface area contributed by atoms with Crippen molar-refractivity contribution in [1.82, 2.24) is 9.88 Å². The third-order valence-electron chi connectivity index (χ3n) is 3.87. The maximum atomic E-state index is 13.5. The summed E-state index contributed by atoms with van der Waals surface area (Å²) in [7, 11) is 0. The maximum Gasteiger partial charge on any atom is 0.256 e. The summed E-state index contributed by atoms with van der Waals surface area (Å²) in [5.41, 5.74) is 6.84. The van der Waals surface area contributed by atoms with Crippen LogP contribution in [0.5, 0.6) is 0 Å². The average molecular weight is 285 g/mol. The molecule has 0 bridgehead atoms. The van der Waals surface area contributed by atoms with E-state index >= 15 is 0 Å². The minimum absolute atomic E-state index is 0.0196. The van der Waals surface area contributed by atoms with E-state index in [9.17, 15) is 9.18 Å². The highest BCUT2D eigenvalue weighted by Gasteiger charge is 2.31. The first-order valence-corrected chi connectivity index (χ1v) is 6.93. The smallest absolute Gasteiger partial charge is 0.256 e. The molecule has 1 aliphatic rings. The molecule has 0 saturated carbocycles. The number of amides is 1. The summed E-state index contributed by atoms with van der Waals surface area (Å²) < 4.78 is 13.5. The van der Waals surface area contributed by atoms with E-state index in [-0.39, 0.29) is 23.2 Å². The molecule has 2 heterocycles. The summed E-state index contributed by atoms with van der Waals surface area (Å²) in [5, 5.41) is 0. The molecule has 1 aromatic heterocycles.